The number of hydrogen-bond acceptors (Lipinski definition) is 4. The van der Waals surface area contributed by atoms with Crippen LogP contribution >= 0.6 is 0 Å². The minimum Gasteiger partial charge on any atom is -0.386 e. The fourth-order valence-electron chi connectivity index (χ4n) is 2.05. The zero-order valence-electron chi connectivity index (χ0n) is 9.94. The first-order valence-corrected chi connectivity index (χ1v) is 5.52. The van der Waals surface area contributed by atoms with Crippen LogP contribution in [0.5, 0.6) is 0 Å². The van der Waals surface area contributed by atoms with Gasteiger partial charge in [-0.15, -0.1) is 5.10 Å². The lowest BCUT2D eigenvalue weighted by Crippen LogP contribution is -2.26. The van der Waals surface area contributed by atoms with Gasteiger partial charge in [0.2, 0.25) is 0 Å². The highest BCUT2D eigenvalue weighted by atomic mass is 15.3. The Bertz CT molecular complexity index is 455. The number of hydrogen-bond donors (Lipinski definition) is 1. The SMILES string of the molecule is CCC1CC(N)=NN=C1c1cn(C)nc1C. The van der Waals surface area contributed by atoms with Crippen molar-refractivity contribution in [1.82, 2.24) is 9.78 Å². The zero-order chi connectivity index (χ0) is 11.7. The molecule has 86 valence electrons. The number of aromatic nitrogens is 2. The second-order valence-electron chi connectivity index (χ2n) is 4.19. The molecule has 1 aromatic heterocycles. The molecular formula is C11H17N5. The number of amidine groups is 1. The maximum atomic E-state index is 5.71. The molecule has 1 aromatic rings. The highest BCUT2D eigenvalue weighted by Crippen LogP contribution is 2.22. The molecule has 1 aliphatic rings. The largest absolute Gasteiger partial charge is 0.386 e. The van der Waals surface area contributed by atoms with E-state index in [9.17, 15) is 0 Å². The number of nitrogens with two attached hydrogens (primary N) is 1. The van der Waals surface area contributed by atoms with E-state index in [1.165, 1.54) is 0 Å². The molecule has 1 unspecified atom stereocenters. The van der Waals surface area contributed by atoms with Crippen LogP contribution in [-0.2, 0) is 7.05 Å². The number of rotatable bonds is 2. The Balaban J connectivity index is 2.42. The lowest BCUT2D eigenvalue weighted by Gasteiger charge is -2.19. The van der Waals surface area contributed by atoms with Crippen molar-refractivity contribution >= 4 is 11.5 Å². The molecule has 0 fully saturated rings. The predicted molar refractivity (Wildman–Crippen MR) is 64.5 cm³/mol. The van der Waals surface area contributed by atoms with Crippen LogP contribution in [0.4, 0.5) is 0 Å². The second kappa shape index (κ2) is 4.08. The summed E-state index contributed by atoms with van der Waals surface area (Å²) in [5, 5.41) is 12.5. The van der Waals surface area contributed by atoms with Gasteiger partial charge in [-0.3, -0.25) is 4.68 Å². The Morgan fingerprint density at radius 3 is 2.81 bits per heavy atom. The average Bonchev–Trinajstić information content (AvgIpc) is 2.57. The Kier molecular flexibility index (Phi) is 2.77. The van der Waals surface area contributed by atoms with Crippen molar-refractivity contribution in [1.29, 1.82) is 0 Å². The van der Waals surface area contributed by atoms with Crippen molar-refractivity contribution in [3.8, 4) is 0 Å². The van der Waals surface area contributed by atoms with Crippen molar-refractivity contribution in [2.45, 2.75) is 26.7 Å². The van der Waals surface area contributed by atoms with Gasteiger partial charge in [-0.05, 0) is 13.3 Å². The monoisotopic (exact) mass is 219 g/mol. The first-order valence-electron chi connectivity index (χ1n) is 5.52. The number of nitrogens with zero attached hydrogens (tertiary/aromatic N) is 4. The van der Waals surface area contributed by atoms with Crippen molar-refractivity contribution in [3.05, 3.63) is 17.5 Å². The van der Waals surface area contributed by atoms with E-state index < -0.39 is 0 Å². The summed E-state index contributed by atoms with van der Waals surface area (Å²) in [4.78, 5) is 0. The Morgan fingerprint density at radius 1 is 1.50 bits per heavy atom. The molecule has 5 heteroatoms. The van der Waals surface area contributed by atoms with Gasteiger partial charge >= 0.3 is 0 Å². The van der Waals surface area contributed by atoms with E-state index in [1.54, 1.807) is 0 Å². The summed E-state index contributed by atoms with van der Waals surface area (Å²) >= 11 is 0. The molecule has 0 saturated carbocycles. The summed E-state index contributed by atoms with van der Waals surface area (Å²) < 4.78 is 1.81. The smallest absolute Gasteiger partial charge is 0.123 e. The highest BCUT2D eigenvalue weighted by molar-refractivity contribution is 6.06. The van der Waals surface area contributed by atoms with E-state index in [1.807, 2.05) is 24.9 Å². The maximum Gasteiger partial charge on any atom is 0.123 e. The third-order valence-electron chi connectivity index (χ3n) is 2.91. The molecule has 5 nitrogen and oxygen atoms in total. The third-order valence-corrected chi connectivity index (χ3v) is 2.91. The van der Waals surface area contributed by atoms with Crippen LogP contribution in [0, 0.1) is 12.8 Å². The summed E-state index contributed by atoms with van der Waals surface area (Å²) in [7, 11) is 1.92. The molecule has 0 bridgehead atoms. The average molecular weight is 219 g/mol. The Hall–Kier alpha value is -1.65. The summed E-state index contributed by atoms with van der Waals surface area (Å²) in [5.41, 5.74) is 8.81. The molecule has 0 radical (unpaired) electrons. The van der Waals surface area contributed by atoms with Gasteiger partial charge in [-0.2, -0.15) is 10.2 Å². The molecule has 2 heterocycles. The van der Waals surface area contributed by atoms with Gasteiger partial charge < -0.3 is 5.73 Å². The summed E-state index contributed by atoms with van der Waals surface area (Å²) in [5.74, 6) is 0.984. The molecule has 2 N–H and O–H groups in total. The molecule has 0 saturated heterocycles. The first-order chi connectivity index (χ1) is 7.61. The van der Waals surface area contributed by atoms with E-state index in [-0.39, 0.29) is 0 Å². The van der Waals surface area contributed by atoms with E-state index in [2.05, 4.69) is 22.2 Å². The van der Waals surface area contributed by atoms with Gasteiger partial charge in [0.1, 0.15) is 5.84 Å². The third kappa shape index (κ3) is 1.85. The van der Waals surface area contributed by atoms with Crippen molar-refractivity contribution in [2.75, 3.05) is 0 Å². The van der Waals surface area contributed by atoms with E-state index in [4.69, 9.17) is 5.73 Å². The van der Waals surface area contributed by atoms with Crippen LogP contribution in [0.25, 0.3) is 0 Å². The highest BCUT2D eigenvalue weighted by Gasteiger charge is 2.23. The van der Waals surface area contributed by atoms with Crippen LogP contribution in [0.2, 0.25) is 0 Å². The van der Waals surface area contributed by atoms with Gasteiger partial charge in [0.25, 0.3) is 0 Å². The molecule has 2 rings (SSSR count). The quantitative estimate of drug-likeness (QED) is 0.812. The predicted octanol–water partition coefficient (Wildman–Crippen LogP) is 1.22. The Morgan fingerprint density at radius 2 is 2.25 bits per heavy atom. The van der Waals surface area contributed by atoms with Crippen LogP contribution < -0.4 is 5.73 Å². The molecular weight excluding hydrogens is 202 g/mol. The lowest BCUT2D eigenvalue weighted by atomic mass is 9.91. The molecule has 1 atom stereocenters. The van der Waals surface area contributed by atoms with Crippen LogP contribution in [-0.4, -0.2) is 21.3 Å². The minimum atomic E-state index is 0.361. The van der Waals surface area contributed by atoms with Crippen molar-refractivity contribution in [3.63, 3.8) is 0 Å². The van der Waals surface area contributed by atoms with Crippen molar-refractivity contribution < 1.29 is 0 Å². The maximum absolute atomic E-state index is 5.71. The summed E-state index contributed by atoms with van der Waals surface area (Å²) in [6.07, 6.45) is 3.81. The molecule has 0 spiro atoms. The van der Waals surface area contributed by atoms with Crippen molar-refractivity contribution in [2.24, 2.45) is 28.9 Å². The second-order valence-corrected chi connectivity index (χ2v) is 4.19. The van der Waals surface area contributed by atoms with E-state index in [0.29, 0.717) is 11.8 Å². The van der Waals surface area contributed by atoms with Gasteiger partial charge in [0.05, 0.1) is 11.4 Å². The lowest BCUT2D eigenvalue weighted by molar-refractivity contribution is 0.676. The van der Waals surface area contributed by atoms with Crippen LogP contribution in [0.1, 0.15) is 31.0 Å². The van der Waals surface area contributed by atoms with Gasteiger partial charge in [-0.1, -0.05) is 6.92 Å². The molecule has 0 amide bonds. The number of aryl methyl sites for hydroxylation is 2. The van der Waals surface area contributed by atoms with Gasteiger partial charge in [0.15, 0.2) is 0 Å². The zero-order valence-corrected chi connectivity index (χ0v) is 9.94. The van der Waals surface area contributed by atoms with Gasteiger partial charge in [-0.25, -0.2) is 0 Å². The topological polar surface area (TPSA) is 68.6 Å². The van der Waals surface area contributed by atoms with E-state index in [0.717, 1.165) is 29.8 Å². The van der Waals surface area contributed by atoms with Crippen LogP contribution in [0.3, 0.4) is 0 Å². The standard InChI is InChI=1S/C11H17N5/c1-4-8-5-10(12)13-14-11(8)9-6-16(3)15-7(9)2/h6,8H,4-5H2,1-3H3,(H2,12,13). The fourth-order valence-corrected chi connectivity index (χ4v) is 2.05. The minimum absolute atomic E-state index is 0.361. The molecule has 1 aliphatic heterocycles. The molecule has 16 heavy (non-hydrogen) atoms. The van der Waals surface area contributed by atoms with Gasteiger partial charge in [0, 0.05) is 31.1 Å². The van der Waals surface area contributed by atoms with Crippen LogP contribution in [0.15, 0.2) is 16.4 Å². The summed E-state index contributed by atoms with van der Waals surface area (Å²) in [6.45, 7) is 4.14. The Labute approximate surface area is 95.1 Å². The first kappa shape index (κ1) is 10.9. The summed E-state index contributed by atoms with van der Waals surface area (Å²) in [6, 6.07) is 0. The molecule has 0 aromatic carbocycles. The van der Waals surface area contributed by atoms with E-state index >= 15 is 0 Å². The molecule has 0 aliphatic carbocycles. The fraction of sp³-hybridized carbons (Fsp3) is 0.545. The normalized spacial score (nSPS) is 20.6.